The summed E-state index contributed by atoms with van der Waals surface area (Å²) >= 11 is 7.61. The minimum Gasteiger partial charge on any atom is -0.258 e. The highest BCUT2D eigenvalue weighted by molar-refractivity contribution is 7.98. The highest BCUT2D eigenvalue weighted by atomic mass is 35.5. The van der Waals surface area contributed by atoms with E-state index < -0.39 is 4.92 Å². The van der Waals surface area contributed by atoms with E-state index >= 15 is 0 Å². The first kappa shape index (κ1) is 14.6. The Hall–Kier alpha value is -1.85. The van der Waals surface area contributed by atoms with Crippen molar-refractivity contribution in [2.45, 2.75) is 4.90 Å². The van der Waals surface area contributed by atoms with Gasteiger partial charge in [-0.2, -0.15) is 0 Å². The molecule has 0 aliphatic carbocycles. The minimum absolute atomic E-state index is 0.00555. The van der Waals surface area contributed by atoms with Crippen LogP contribution < -0.4 is 0 Å². The standard InChI is InChI=1S/C14H11ClN2O2S/c1-20-14-5-3-2-4-13(14)16-9-10-8-11(17(18)19)6-7-12(10)15/h2-9H,1H3. The van der Waals surface area contributed by atoms with Crippen molar-refractivity contribution in [2.75, 3.05) is 6.26 Å². The monoisotopic (exact) mass is 306 g/mol. The Bertz CT molecular complexity index is 674. The molecule has 0 saturated heterocycles. The van der Waals surface area contributed by atoms with Crippen LogP contribution >= 0.6 is 23.4 Å². The molecule has 0 aromatic heterocycles. The van der Waals surface area contributed by atoms with Crippen molar-refractivity contribution in [3.63, 3.8) is 0 Å². The molecule has 0 aliphatic rings. The van der Waals surface area contributed by atoms with Crippen LogP contribution in [0.25, 0.3) is 0 Å². The maximum Gasteiger partial charge on any atom is 0.270 e. The highest BCUT2D eigenvalue weighted by Crippen LogP contribution is 2.28. The van der Waals surface area contributed by atoms with Gasteiger partial charge in [-0.25, -0.2) is 0 Å². The lowest BCUT2D eigenvalue weighted by molar-refractivity contribution is -0.384. The smallest absolute Gasteiger partial charge is 0.258 e. The lowest BCUT2D eigenvalue weighted by Crippen LogP contribution is -1.90. The van der Waals surface area contributed by atoms with Crippen LogP contribution in [0, 0.1) is 10.1 Å². The lowest BCUT2D eigenvalue weighted by atomic mass is 10.2. The van der Waals surface area contributed by atoms with Crippen LogP contribution in [0.15, 0.2) is 52.4 Å². The summed E-state index contributed by atoms with van der Waals surface area (Å²) < 4.78 is 0. The van der Waals surface area contributed by atoms with E-state index in [4.69, 9.17) is 11.6 Å². The van der Waals surface area contributed by atoms with Crippen molar-refractivity contribution in [3.8, 4) is 0 Å². The predicted molar refractivity (Wildman–Crippen MR) is 83.6 cm³/mol. The molecule has 0 radical (unpaired) electrons. The number of halogens is 1. The van der Waals surface area contributed by atoms with Gasteiger partial charge in [0, 0.05) is 33.8 Å². The fraction of sp³-hybridized carbons (Fsp3) is 0.0714. The third-order valence-electron chi connectivity index (χ3n) is 2.62. The van der Waals surface area contributed by atoms with Gasteiger partial charge in [-0.05, 0) is 24.5 Å². The van der Waals surface area contributed by atoms with Gasteiger partial charge in [-0.1, -0.05) is 23.7 Å². The number of hydrogen-bond acceptors (Lipinski definition) is 4. The number of aliphatic imine (C=N–C) groups is 1. The van der Waals surface area contributed by atoms with E-state index in [2.05, 4.69) is 4.99 Å². The van der Waals surface area contributed by atoms with E-state index in [1.165, 1.54) is 18.2 Å². The van der Waals surface area contributed by atoms with Gasteiger partial charge < -0.3 is 0 Å². The Kier molecular flexibility index (Phi) is 4.76. The van der Waals surface area contributed by atoms with Crippen molar-refractivity contribution < 1.29 is 4.92 Å². The summed E-state index contributed by atoms with van der Waals surface area (Å²) in [7, 11) is 0. The number of rotatable bonds is 4. The van der Waals surface area contributed by atoms with Crippen LogP contribution in [0.4, 0.5) is 11.4 Å². The van der Waals surface area contributed by atoms with Gasteiger partial charge in [0.25, 0.3) is 5.69 Å². The molecule has 0 aliphatic heterocycles. The molecular formula is C14H11ClN2O2S. The number of hydrogen-bond donors (Lipinski definition) is 0. The average molecular weight is 307 g/mol. The second-order valence-corrected chi connectivity index (χ2v) is 5.15. The Labute approximate surface area is 125 Å². The van der Waals surface area contributed by atoms with Crippen LogP contribution in [0.1, 0.15) is 5.56 Å². The second-order valence-electron chi connectivity index (χ2n) is 3.89. The van der Waals surface area contributed by atoms with Crippen molar-refractivity contribution >= 4 is 41.0 Å². The number of benzene rings is 2. The molecule has 2 rings (SSSR count). The SMILES string of the molecule is CSc1ccccc1N=Cc1cc([N+](=O)[O-])ccc1Cl. The molecule has 0 saturated carbocycles. The largest absolute Gasteiger partial charge is 0.270 e. The molecule has 2 aromatic rings. The first-order valence-corrected chi connectivity index (χ1v) is 7.33. The van der Waals surface area contributed by atoms with E-state index in [-0.39, 0.29) is 5.69 Å². The summed E-state index contributed by atoms with van der Waals surface area (Å²) in [5.74, 6) is 0. The second kappa shape index (κ2) is 6.54. The number of para-hydroxylation sites is 1. The zero-order valence-electron chi connectivity index (χ0n) is 10.6. The fourth-order valence-corrected chi connectivity index (χ4v) is 2.33. The molecule has 0 N–H and O–H groups in total. The maximum atomic E-state index is 10.8. The summed E-state index contributed by atoms with van der Waals surface area (Å²) in [6.45, 7) is 0. The molecule has 0 bridgehead atoms. The Balaban J connectivity index is 2.36. The molecule has 0 fully saturated rings. The quantitative estimate of drug-likeness (QED) is 0.355. The highest BCUT2D eigenvalue weighted by Gasteiger charge is 2.08. The molecule has 6 heteroatoms. The van der Waals surface area contributed by atoms with Crippen LogP contribution in [0.3, 0.4) is 0 Å². The molecule has 20 heavy (non-hydrogen) atoms. The molecule has 4 nitrogen and oxygen atoms in total. The van der Waals surface area contributed by atoms with E-state index in [1.807, 2.05) is 30.5 Å². The van der Waals surface area contributed by atoms with Crippen LogP contribution in [0.2, 0.25) is 5.02 Å². The summed E-state index contributed by atoms with van der Waals surface area (Å²) in [5.41, 5.74) is 1.33. The zero-order valence-corrected chi connectivity index (χ0v) is 12.2. The lowest BCUT2D eigenvalue weighted by Gasteiger charge is -2.02. The predicted octanol–water partition coefficient (Wildman–Crippen LogP) is 4.72. The van der Waals surface area contributed by atoms with Crippen molar-refractivity contribution in [2.24, 2.45) is 4.99 Å². The fourth-order valence-electron chi connectivity index (χ4n) is 1.62. The Morgan fingerprint density at radius 3 is 2.75 bits per heavy atom. The molecular weight excluding hydrogens is 296 g/mol. The van der Waals surface area contributed by atoms with Gasteiger partial charge in [0.1, 0.15) is 0 Å². The summed E-state index contributed by atoms with van der Waals surface area (Å²) in [4.78, 5) is 15.7. The number of non-ortho nitro benzene ring substituents is 1. The van der Waals surface area contributed by atoms with E-state index in [0.29, 0.717) is 10.6 Å². The maximum absolute atomic E-state index is 10.8. The minimum atomic E-state index is -0.455. The summed E-state index contributed by atoms with van der Waals surface area (Å²) in [6.07, 6.45) is 3.51. The molecule has 0 spiro atoms. The summed E-state index contributed by atoms with van der Waals surface area (Å²) in [5, 5.41) is 11.2. The van der Waals surface area contributed by atoms with Gasteiger partial charge in [0.15, 0.2) is 0 Å². The van der Waals surface area contributed by atoms with Crippen LogP contribution in [-0.4, -0.2) is 17.4 Å². The first-order chi connectivity index (χ1) is 9.61. The van der Waals surface area contributed by atoms with Gasteiger partial charge >= 0.3 is 0 Å². The molecule has 0 heterocycles. The van der Waals surface area contributed by atoms with Gasteiger partial charge in [-0.15, -0.1) is 11.8 Å². The van der Waals surface area contributed by atoms with E-state index in [9.17, 15) is 10.1 Å². The van der Waals surface area contributed by atoms with Gasteiger partial charge in [0.2, 0.25) is 0 Å². The van der Waals surface area contributed by atoms with Crippen molar-refractivity contribution in [3.05, 3.63) is 63.2 Å². The Morgan fingerprint density at radius 1 is 1.30 bits per heavy atom. The third-order valence-corrected chi connectivity index (χ3v) is 3.75. The van der Waals surface area contributed by atoms with E-state index in [0.717, 1.165) is 10.6 Å². The van der Waals surface area contributed by atoms with Crippen LogP contribution in [0.5, 0.6) is 0 Å². The summed E-state index contributed by atoms with van der Waals surface area (Å²) in [6, 6.07) is 12.0. The third kappa shape index (κ3) is 3.37. The van der Waals surface area contributed by atoms with Gasteiger partial charge in [-0.3, -0.25) is 15.1 Å². The Morgan fingerprint density at radius 2 is 2.05 bits per heavy atom. The average Bonchev–Trinajstić information content (AvgIpc) is 2.46. The van der Waals surface area contributed by atoms with Crippen molar-refractivity contribution in [1.82, 2.24) is 0 Å². The topological polar surface area (TPSA) is 55.5 Å². The first-order valence-electron chi connectivity index (χ1n) is 5.73. The number of nitro groups is 1. The van der Waals surface area contributed by atoms with Gasteiger partial charge in [0.05, 0.1) is 10.6 Å². The molecule has 0 unspecified atom stereocenters. The van der Waals surface area contributed by atoms with E-state index in [1.54, 1.807) is 18.0 Å². The number of nitrogens with zero attached hydrogens (tertiary/aromatic N) is 2. The zero-order chi connectivity index (χ0) is 14.5. The molecule has 102 valence electrons. The molecule has 0 amide bonds. The number of thioether (sulfide) groups is 1. The van der Waals surface area contributed by atoms with Crippen LogP contribution in [-0.2, 0) is 0 Å². The number of nitro benzene ring substituents is 1. The molecule has 0 atom stereocenters. The molecule has 2 aromatic carbocycles. The normalized spacial score (nSPS) is 10.9. The van der Waals surface area contributed by atoms with Crippen molar-refractivity contribution in [1.29, 1.82) is 0 Å².